The van der Waals surface area contributed by atoms with Crippen molar-refractivity contribution < 1.29 is 65.6 Å². The number of esters is 4. The number of halogens is 3. The van der Waals surface area contributed by atoms with Crippen LogP contribution in [0.25, 0.3) is 0 Å². The molecule has 1 amide bonds. The molecule has 1 fully saturated rings. The quantitative estimate of drug-likeness (QED) is 0.222. The van der Waals surface area contributed by atoms with Crippen LogP contribution in [0.5, 0.6) is 11.5 Å². The van der Waals surface area contributed by atoms with Crippen LogP contribution in [0.2, 0.25) is 0 Å². The van der Waals surface area contributed by atoms with Crippen molar-refractivity contribution in [3.63, 3.8) is 0 Å². The van der Waals surface area contributed by atoms with Gasteiger partial charge in [0.2, 0.25) is 5.75 Å². The number of aromatic nitrogens is 1. The molecular formula is C36H37F3N2O11. The highest BCUT2D eigenvalue weighted by molar-refractivity contribution is 5.99. The number of amides is 1. The molecule has 16 heteroatoms. The van der Waals surface area contributed by atoms with Gasteiger partial charge in [-0.05, 0) is 18.9 Å². The molecule has 1 aliphatic rings. The number of alkyl halides is 3. The van der Waals surface area contributed by atoms with Gasteiger partial charge < -0.3 is 33.7 Å². The second-order valence-corrected chi connectivity index (χ2v) is 12.0. The Labute approximate surface area is 296 Å². The molecule has 1 unspecified atom stereocenters. The largest absolute Gasteiger partial charge is 0.493 e. The van der Waals surface area contributed by atoms with Crippen LogP contribution in [0.4, 0.5) is 13.2 Å². The lowest BCUT2D eigenvalue weighted by molar-refractivity contribution is -0.272. The summed E-state index contributed by atoms with van der Waals surface area (Å²) < 4.78 is 75.6. The monoisotopic (exact) mass is 730 g/mol. The highest BCUT2D eigenvalue weighted by Crippen LogP contribution is 2.44. The van der Waals surface area contributed by atoms with Crippen LogP contribution in [-0.4, -0.2) is 80.0 Å². The van der Waals surface area contributed by atoms with E-state index in [0.717, 1.165) is 31.5 Å². The number of hydrogen-bond donors (Lipinski definition) is 1. The number of benzene rings is 2. The van der Waals surface area contributed by atoms with Gasteiger partial charge in [-0.2, -0.15) is 13.2 Å². The average Bonchev–Trinajstić information content (AvgIpc) is 3.14. The summed E-state index contributed by atoms with van der Waals surface area (Å²) in [6.45, 7) is 3.81. The number of pyridine rings is 1. The van der Waals surface area contributed by atoms with Gasteiger partial charge in [-0.15, -0.1) is 0 Å². The second-order valence-electron chi connectivity index (χ2n) is 12.0. The van der Waals surface area contributed by atoms with Gasteiger partial charge >= 0.3 is 30.1 Å². The lowest BCUT2D eigenvalue weighted by atomic mass is 9.91. The van der Waals surface area contributed by atoms with E-state index in [2.05, 4.69) is 10.3 Å². The van der Waals surface area contributed by atoms with Crippen molar-refractivity contribution in [2.75, 3.05) is 20.8 Å². The minimum absolute atomic E-state index is 0.0426. The minimum Gasteiger partial charge on any atom is -0.493 e. The van der Waals surface area contributed by atoms with Crippen LogP contribution in [0, 0.1) is 11.8 Å². The first-order chi connectivity index (χ1) is 24.6. The Hall–Kier alpha value is -5.51. The number of nitrogens with one attached hydrogen (secondary N) is 1. The fourth-order valence-electron chi connectivity index (χ4n) is 5.38. The molecule has 1 aliphatic heterocycles. The first kappa shape index (κ1) is 39.3. The van der Waals surface area contributed by atoms with Gasteiger partial charge in [0, 0.05) is 24.9 Å². The zero-order chi connectivity index (χ0) is 38.2. The highest BCUT2D eigenvalue weighted by Gasteiger charge is 2.64. The van der Waals surface area contributed by atoms with Crippen molar-refractivity contribution >= 4 is 29.8 Å². The molecule has 2 heterocycles. The van der Waals surface area contributed by atoms with Crippen molar-refractivity contribution in [2.24, 2.45) is 11.8 Å². The molecular weight excluding hydrogens is 693 g/mol. The number of rotatable bonds is 11. The highest BCUT2D eigenvalue weighted by atomic mass is 19.4. The minimum atomic E-state index is -5.35. The summed E-state index contributed by atoms with van der Waals surface area (Å²) in [5.74, 6) is -8.79. The maximum atomic E-state index is 14.6. The van der Waals surface area contributed by atoms with Gasteiger partial charge in [0.25, 0.3) is 11.5 Å². The van der Waals surface area contributed by atoms with Gasteiger partial charge in [-0.25, -0.2) is 14.6 Å². The number of carbonyl (C=O) groups is 5. The molecule has 4 rings (SSSR count). The van der Waals surface area contributed by atoms with Gasteiger partial charge in [-0.1, -0.05) is 74.5 Å². The zero-order valence-corrected chi connectivity index (χ0v) is 28.8. The van der Waals surface area contributed by atoms with Crippen LogP contribution in [0.1, 0.15) is 42.4 Å². The first-order valence-corrected chi connectivity index (χ1v) is 16.0. The van der Waals surface area contributed by atoms with Crippen molar-refractivity contribution in [3.05, 3.63) is 89.7 Å². The van der Waals surface area contributed by atoms with E-state index >= 15 is 0 Å². The molecule has 278 valence electrons. The fourth-order valence-corrected chi connectivity index (χ4v) is 5.38. The Morgan fingerprint density at radius 2 is 1.60 bits per heavy atom. The number of ether oxygens (including phenoxy) is 6. The molecule has 3 aromatic rings. The maximum absolute atomic E-state index is 14.6. The van der Waals surface area contributed by atoms with Gasteiger partial charge in [0.1, 0.15) is 18.6 Å². The smallest absolute Gasteiger partial charge is 0.432 e. The lowest BCUT2D eigenvalue weighted by Gasteiger charge is -2.32. The Morgan fingerprint density at radius 3 is 2.17 bits per heavy atom. The third-order valence-corrected chi connectivity index (χ3v) is 8.14. The molecule has 0 radical (unpaired) electrons. The van der Waals surface area contributed by atoms with Gasteiger partial charge in [-0.3, -0.25) is 14.4 Å². The molecule has 13 nitrogen and oxygen atoms in total. The van der Waals surface area contributed by atoms with Crippen molar-refractivity contribution in [1.82, 2.24) is 10.3 Å². The molecule has 5 atom stereocenters. The van der Waals surface area contributed by atoms with Crippen molar-refractivity contribution in [3.8, 4) is 11.5 Å². The summed E-state index contributed by atoms with van der Waals surface area (Å²) in [7, 11) is 1.77. The van der Waals surface area contributed by atoms with E-state index in [0.29, 0.717) is 12.7 Å². The van der Waals surface area contributed by atoms with Crippen LogP contribution in [0.3, 0.4) is 0 Å². The van der Waals surface area contributed by atoms with Crippen molar-refractivity contribution in [1.29, 1.82) is 0 Å². The number of hydrogen-bond acceptors (Lipinski definition) is 12. The summed E-state index contributed by atoms with van der Waals surface area (Å²) >= 11 is 0. The molecule has 0 spiro atoms. The molecule has 2 aromatic carbocycles. The molecule has 1 saturated heterocycles. The third kappa shape index (κ3) is 8.50. The van der Waals surface area contributed by atoms with Crippen LogP contribution >= 0.6 is 0 Å². The van der Waals surface area contributed by atoms with Crippen LogP contribution in [-0.2, 0) is 50.1 Å². The summed E-state index contributed by atoms with van der Waals surface area (Å²) in [6.07, 6.45) is -6.77. The maximum Gasteiger partial charge on any atom is 0.432 e. The van der Waals surface area contributed by atoms with Gasteiger partial charge in [0.05, 0.1) is 13.0 Å². The molecule has 0 aliphatic carbocycles. The van der Waals surface area contributed by atoms with E-state index in [1.165, 1.54) is 25.1 Å². The molecule has 1 aromatic heterocycles. The zero-order valence-electron chi connectivity index (χ0n) is 28.8. The standard InChI is InChI=1S/C36H37F3N2O11/c1-20(2)31(43)51-28-21(3)50-33(45)25(19-49-32(44)24(28)18-22-12-8-6-9-13-22)41-30(42)27-29(26(47-4)16-17-40-27)52-34(46)35(48-5,36(37,38)39)23-14-10-7-11-15-23/h6-17,20-21,24-25,28H,18-19H2,1-5H3,(H,41,42)/t21-,24+,25-,28-,35?/m0/s1. The predicted molar refractivity (Wildman–Crippen MR) is 174 cm³/mol. The first-order valence-electron chi connectivity index (χ1n) is 16.0. The number of carbonyl (C=O) groups excluding carboxylic acids is 5. The Kier molecular flexibility index (Phi) is 12.6. The molecule has 0 bridgehead atoms. The predicted octanol–water partition coefficient (Wildman–Crippen LogP) is 4.11. The second kappa shape index (κ2) is 16.7. The number of cyclic esters (lactones) is 2. The topological polar surface area (TPSA) is 166 Å². The van der Waals surface area contributed by atoms with Gasteiger partial charge in [0.15, 0.2) is 23.6 Å². The summed E-state index contributed by atoms with van der Waals surface area (Å²) in [5, 5.41) is 2.28. The molecule has 1 N–H and O–H groups in total. The Bertz CT molecular complexity index is 1760. The molecule has 0 saturated carbocycles. The third-order valence-electron chi connectivity index (χ3n) is 8.14. The van der Waals surface area contributed by atoms with E-state index in [-0.39, 0.29) is 12.2 Å². The lowest BCUT2D eigenvalue weighted by Crippen LogP contribution is -2.53. The summed E-state index contributed by atoms with van der Waals surface area (Å²) in [5.41, 5.74) is -4.33. The molecule has 52 heavy (non-hydrogen) atoms. The van der Waals surface area contributed by atoms with E-state index in [1.54, 1.807) is 44.2 Å². The van der Waals surface area contributed by atoms with E-state index in [9.17, 15) is 37.1 Å². The number of nitrogens with zero attached hydrogens (tertiary/aromatic N) is 1. The Balaban J connectivity index is 1.66. The normalized spacial score (nSPS) is 20.6. The fraction of sp³-hybridized carbons (Fsp3) is 0.389. The van der Waals surface area contributed by atoms with E-state index < -0.39 is 95.3 Å². The van der Waals surface area contributed by atoms with E-state index in [1.807, 2.05) is 0 Å². The van der Waals surface area contributed by atoms with E-state index in [4.69, 9.17) is 28.4 Å². The Morgan fingerprint density at radius 1 is 0.962 bits per heavy atom. The number of methoxy groups -OCH3 is 2. The van der Waals surface area contributed by atoms with Crippen molar-refractivity contribution in [2.45, 2.75) is 57.2 Å². The average molecular weight is 731 g/mol. The SMILES string of the molecule is COc1ccnc(C(=O)N[C@H]2COC(=O)[C@H](Cc3ccccc3)[C@@H](OC(=O)C(C)C)[C@H](C)OC2=O)c1OC(=O)C(OC)(c1ccccc1)C(F)(F)F. The summed E-state index contributed by atoms with van der Waals surface area (Å²) in [6, 6.07) is 14.2. The van der Waals surface area contributed by atoms with Crippen LogP contribution in [0.15, 0.2) is 72.9 Å². The summed E-state index contributed by atoms with van der Waals surface area (Å²) in [4.78, 5) is 70.6. The van der Waals surface area contributed by atoms with Crippen LogP contribution < -0.4 is 14.8 Å².